The lowest BCUT2D eigenvalue weighted by molar-refractivity contribution is -0.202. The van der Waals surface area contributed by atoms with E-state index in [1.165, 1.54) is 6.08 Å². The first-order valence-electron chi connectivity index (χ1n) is 13.8. The molecule has 218 valence electrons. The van der Waals surface area contributed by atoms with Crippen molar-refractivity contribution >= 4 is 17.8 Å². The first kappa shape index (κ1) is 29.2. The van der Waals surface area contributed by atoms with Gasteiger partial charge in [0, 0.05) is 6.42 Å². The molecular formula is C33H33NO8. The molecule has 0 spiro atoms. The molecular weight excluding hydrogens is 538 g/mol. The minimum atomic E-state index is -0.940. The van der Waals surface area contributed by atoms with E-state index in [0.717, 1.165) is 11.1 Å². The summed E-state index contributed by atoms with van der Waals surface area (Å²) in [5.74, 6) is -1.84. The Hall–Kier alpha value is -4.31. The summed E-state index contributed by atoms with van der Waals surface area (Å²) >= 11 is 0. The van der Waals surface area contributed by atoms with Gasteiger partial charge in [0.25, 0.3) is 0 Å². The average Bonchev–Trinajstić information content (AvgIpc) is 3.47. The summed E-state index contributed by atoms with van der Waals surface area (Å²) in [6.45, 7) is 3.41. The molecule has 2 saturated heterocycles. The molecule has 42 heavy (non-hydrogen) atoms. The van der Waals surface area contributed by atoms with E-state index in [2.05, 4.69) is 5.32 Å². The molecule has 5 rings (SSSR count). The number of benzene rings is 3. The van der Waals surface area contributed by atoms with Crippen molar-refractivity contribution in [3.05, 3.63) is 119 Å². The van der Waals surface area contributed by atoms with Crippen LogP contribution in [0.25, 0.3) is 0 Å². The second-order valence-corrected chi connectivity index (χ2v) is 10.5. The number of amides is 1. The van der Waals surface area contributed by atoms with Crippen molar-refractivity contribution in [1.29, 1.82) is 0 Å². The zero-order valence-electron chi connectivity index (χ0n) is 23.4. The molecule has 4 atom stereocenters. The van der Waals surface area contributed by atoms with Gasteiger partial charge in [0.1, 0.15) is 25.4 Å². The van der Waals surface area contributed by atoms with Gasteiger partial charge >= 0.3 is 12.1 Å². The highest BCUT2D eigenvalue weighted by Gasteiger charge is 2.52. The fourth-order valence-electron chi connectivity index (χ4n) is 4.84. The highest BCUT2D eigenvalue weighted by Crippen LogP contribution is 2.40. The highest BCUT2D eigenvalue weighted by atomic mass is 16.8. The molecule has 1 N–H and O–H groups in total. The van der Waals surface area contributed by atoms with Crippen molar-refractivity contribution < 1.29 is 38.1 Å². The Labute approximate surface area is 244 Å². The van der Waals surface area contributed by atoms with Gasteiger partial charge in [0.05, 0.1) is 11.6 Å². The number of alkyl carbamates (subject to hydrolysis) is 1. The molecule has 3 aromatic rings. The summed E-state index contributed by atoms with van der Waals surface area (Å²) in [7, 11) is 0. The van der Waals surface area contributed by atoms with Crippen LogP contribution in [-0.2, 0) is 41.5 Å². The molecule has 0 saturated carbocycles. The van der Waals surface area contributed by atoms with Gasteiger partial charge in [-0.1, -0.05) is 78.9 Å². The summed E-state index contributed by atoms with van der Waals surface area (Å²) in [4.78, 5) is 39.1. The Morgan fingerprint density at radius 2 is 1.48 bits per heavy atom. The molecule has 9 nitrogen and oxygen atoms in total. The van der Waals surface area contributed by atoms with Gasteiger partial charge in [0.15, 0.2) is 17.9 Å². The number of ether oxygens (including phenoxy) is 5. The maximum Gasteiger partial charge on any atom is 0.408 e. The normalized spacial score (nSPS) is 22.2. The molecule has 3 aromatic carbocycles. The quantitative estimate of drug-likeness (QED) is 0.274. The van der Waals surface area contributed by atoms with Crippen molar-refractivity contribution in [2.24, 2.45) is 0 Å². The van der Waals surface area contributed by atoms with Crippen LogP contribution in [0.5, 0.6) is 0 Å². The summed E-state index contributed by atoms with van der Waals surface area (Å²) in [5.41, 5.74) is 2.54. The molecule has 1 amide bonds. The van der Waals surface area contributed by atoms with Crippen molar-refractivity contribution in [3.63, 3.8) is 0 Å². The van der Waals surface area contributed by atoms with E-state index in [0.29, 0.717) is 11.1 Å². The monoisotopic (exact) mass is 571 g/mol. The Morgan fingerprint density at radius 1 is 0.857 bits per heavy atom. The smallest absolute Gasteiger partial charge is 0.408 e. The lowest BCUT2D eigenvalue weighted by Crippen LogP contribution is -2.42. The van der Waals surface area contributed by atoms with Crippen molar-refractivity contribution in [2.75, 3.05) is 6.61 Å². The van der Waals surface area contributed by atoms with Crippen LogP contribution in [0.3, 0.4) is 0 Å². The average molecular weight is 572 g/mol. The third kappa shape index (κ3) is 7.50. The lowest BCUT2D eigenvalue weighted by atomic mass is 9.98. The molecule has 2 fully saturated rings. The van der Waals surface area contributed by atoms with Crippen LogP contribution < -0.4 is 5.32 Å². The number of esters is 1. The summed E-state index contributed by atoms with van der Waals surface area (Å²) in [6, 6.07) is 26.3. The van der Waals surface area contributed by atoms with Gasteiger partial charge in [0.2, 0.25) is 0 Å². The highest BCUT2D eigenvalue weighted by molar-refractivity contribution is 5.97. The standard InChI is InChI=1S/C33H33NO8/c1-33(2)41-29-25(28(40-31(29)42-33)21-38-30(36)24-16-10-5-11-17-24)19-27(35)26(18-22-12-6-3-7-13-22)34-32(37)39-20-23-14-8-4-9-15-23/h3-17,19,26,28-29,31H,18,20-21H2,1-2H3,(H,34,37)/b25-19+/t26-,28+,29?,31-/m0/s1. The van der Waals surface area contributed by atoms with Gasteiger partial charge in [-0.15, -0.1) is 0 Å². The zero-order chi connectivity index (χ0) is 29.5. The number of fused-ring (bicyclic) bond motifs is 1. The van der Waals surface area contributed by atoms with Crippen LogP contribution in [0, 0.1) is 0 Å². The molecule has 1 unspecified atom stereocenters. The van der Waals surface area contributed by atoms with Crippen molar-refractivity contribution in [1.82, 2.24) is 5.32 Å². The van der Waals surface area contributed by atoms with Crippen LogP contribution in [0.15, 0.2) is 103 Å². The van der Waals surface area contributed by atoms with E-state index in [4.69, 9.17) is 23.7 Å². The molecule has 2 heterocycles. The molecule has 2 aliphatic rings. The Balaban J connectivity index is 1.34. The minimum absolute atomic E-state index is 0.0622. The Morgan fingerprint density at radius 3 is 2.14 bits per heavy atom. The van der Waals surface area contributed by atoms with Gasteiger partial charge in [-0.2, -0.15) is 0 Å². The van der Waals surface area contributed by atoms with E-state index >= 15 is 0 Å². The number of ketones is 1. The largest absolute Gasteiger partial charge is 0.459 e. The number of carbonyl (C=O) groups is 3. The first-order chi connectivity index (χ1) is 20.3. The second-order valence-electron chi connectivity index (χ2n) is 10.5. The van der Waals surface area contributed by atoms with E-state index in [9.17, 15) is 14.4 Å². The third-order valence-electron chi connectivity index (χ3n) is 6.87. The Bertz CT molecular complexity index is 1410. The fraction of sp³-hybridized carbons (Fsp3) is 0.303. The van der Waals surface area contributed by atoms with Crippen LogP contribution in [0.4, 0.5) is 4.79 Å². The van der Waals surface area contributed by atoms with Crippen LogP contribution in [0.1, 0.15) is 35.3 Å². The minimum Gasteiger partial charge on any atom is -0.459 e. The summed E-state index contributed by atoms with van der Waals surface area (Å²) < 4.78 is 28.9. The molecule has 2 aliphatic heterocycles. The van der Waals surface area contributed by atoms with E-state index in [1.54, 1.807) is 44.2 Å². The lowest BCUT2D eigenvalue weighted by Gasteiger charge is -2.22. The Kier molecular flexibility index (Phi) is 9.12. The van der Waals surface area contributed by atoms with E-state index in [-0.39, 0.29) is 25.4 Å². The zero-order valence-corrected chi connectivity index (χ0v) is 23.4. The fourth-order valence-corrected chi connectivity index (χ4v) is 4.84. The molecule has 0 aromatic heterocycles. The van der Waals surface area contributed by atoms with Gasteiger partial charge < -0.3 is 29.0 Å². The van der Waals surface area contributed by atoms with Crippen molar-refractivity contribution in [2.45, 2.75) is 57.2 Å². The predicted octanol–water partition coefficient (Wildman–Crippen LogP) is 4.75. The molecule has 0 radical (unpaired) electrons. The maximum absolute atomic E-state index is 13.8. The third-order valence-corrected chi connectivity index (χ3v) is 6.87. The topological polar surface area (TPSA) is 109 Å². The summed E-state index contributed by atoms with van der Waals surface area (Å²) in [6.07, 6.45) is -1.34. The maximum atomic E-state index is 13.8. The van der Waals surface area contributed by atoms with E-state index < -0.39 is 42.4 Å². The number of hydrogen-bond acceptors (Lipinski definition) is 8. The molecule has 0 aliphatic carbocycles. The van der Waals surface area contributed by atoms with Crippen LogP contribution in [-0.4, -0.2) is 54.8 Å². The van der Waals surface area contributed by atoms with E-state index in [1.807, 2.05) is 60.7 Å². The number of carbonyl (C=O) groups excluding carboxylic acids is 3. The van der Waals surface area contributed by atoms with Crippen molar-refractivity contribution in [3.8, 4) is 0 Å². The molecule has 9 heteroatoms. The van der Waals surface area contributed by atoms with Gasteiger partial charge in [-0.05, 0) is 48.8 Å². The van der Waals surface area contributed by atoms with Gasteiger partial charge in [-0.3, -0.25) is 4.79 Å². The van der Waals surface area contributed by atoms with Crippen LogP contribution in [0.2, 0.25) is 0 Å². The second kappa shape index (κ2) is 13.1. The SMILES string of the molecule is CC1(C)OC2/C(=C/C(=O)[C@H](Cc3ccccc3)NC(=O)OCc3ccccc3)[C@@H](COC(=O)c3ccccc3)O[C@H]2O1. The first-order valence-corrected chi connectivity index (χ1v) is 13.8. The molecule has 0 bridgehead atoms. The predicted molar refractivity (Wildman–Crippen MR) is 152 cm³/mol. The number of hydrogen-bond donors (Lipinski definition) is 1. The van der Waals surface area contributed by atoms with Crippen LogP contribution >= 0.6 is 0 Å². The number of nitrogens with one attached hydrogen (secondary N) is 1. The summed E-state index contributed by atoms with van der Waals surface area (Å²) in [5, 5.41) is 2.72. The number of rotatable bonds is 10. The van der Waals surface area contributed by atoms with Gasteiger partial charge in [-0.25, -0.2) is 9.59 Å².